The van der Waals surface area contributed by atoms with Crippen molar-refractivity contribution >= 4 is 23.2 Å². The normalized spacial score (nSPS) is 12.2. The Hall–Kier alpha value is -1.22. The lowest BCUT2D eigenvalue weighted by molar-refractivity contribution is 0.301. The number of halogens is 2. The predicted octanol–water partition coefficient (Wildman–Crippen LogP) is 4.90. The first kappa shape index (κ1) is 15.2. The smallest absolute Gasteiger partial charge is 0.124 e. The molecule has 0 bridgehead atoms. The largest absolute Gasteiger partial charge is 0.488 e. The summed E-state index contributed by atoms with van der Waals surface area (Å²) in [6.07, 6.45) is 0. The maximum Gasteiger partial charge on any atom is 0.124 e. The molecule has 0 heterocycles. The van der Waals surface area contributed by atoms with Gasteiger partial charge in [0, 0.05) is 27.2 Å². The third-order valence-electron chi connectivity index (χ3n) is 3.09. The van der Waals surface area contributed by atoms with Gasteiger partial charge in [-0.1, -0.05) is 47.0 Å². The molecule has 0 saturated heterocycles. The van der Waals surface area contributed by atoms with Crippen molar-refractivity contribution in [2.45, 2.75) is 26.5 Å². The summed E-state index contributed by atoms with van der Waals surface area (Å²) < 4.78 is 5.85. The van der Waals surface area contributed by atoms with Crippen LogP contribution in [0.3, 0.4) is 0 Å². The standard InChI is InChI=1S/C16H17Cl2NO/c1-10-6-7-16(12(8-10)11(2)19)20-9-13-14(17)4-3-5-15(13)18/h3-8,11H,9,19H2,1-2H3/t11-/m1/s1. The number of nitrogens with two attached hydrogens (primary N) is 1. The SMILES string of the molecule is Cc1ccc(OCc2c(Cl)cccc2Cl)c([C@@H](C)N)c1. The maximum absolute atomic E-state index is 6.13. The molecule has 0 radical (unpaired) electrons. The van der Waals surface area contributed by atoms with E-state index in [1.807, 2.05) is 38.1 Å². The first-order valence-electron chi connectivity index (χ1n) is 6.41. The van der Waals surface area contributed by atoms with Gasteiger partial charge in [0.15, 0.2) is 0 Å². The van der Waals surface area contributed by atoms with Crippen molar-refractivity contribution in [3.63, 3.8) is 0 Å². The summed E-state index contributed by atoms with van der Waals surface area (Å²) in [5.41, 5.74) is 8.90. The lowest BCUT2D eigenvalue weighted by Crippen LogP contribution is -2.08. The molecule has 0 spiro atoms. The lowest BCUT2D eigenvalue weighted by atomic mass is 10.1. The number of benzene rings is 2. The lowest BCUT2D eigenvalue weighted by Gasteiger charge is -2.16. The Morgan fingerprint density at radius 2 is 1.80 bits per heavy atom. The molecule has 0 aliphatic heterocycles. The van der Waals surface area contributed by atoms with Gasteiger partial charge in [-0.2, -0.15) is 0 Å². The quantitative estimate of drug-likeness (QED) is 0.871. The highest BCUT2D eigenvalue weighted by atomic mass is 35.5. The molecule has 2 aromatic carbocycles. The van der Waals surface area contributed by atoms with Crippen LogP contribution in [0.15, 0.2) is 36.4 Å². The fraction of sp³-hybridized carbons (Fsp3) is 0.250. The van der Waals surface area contributed by atoms with Crippen molar-refractivity contribution in [3.05, 3.63) is 63.1 Å². The van der Waals surface area contributed by atoms with Crippen LogP contribution >= 0.6 is 23.2 Å². The van der Waals surface area contributed by atoms with Crippen molar-refractivity contribution in [2.75, 3.05) is 0 Å². The second-order valence-electron chi connectivity index (χ2n) is 4.82. The van der Waals surface area contributed by atoms with Crippen molar-refractivity contribution in [1.82, 2.24) is 0 Å². The summed E-state index contributed by atoms with van der Waals surface area (Å²) in [5, 5.41) is 1.21. The molecule has 0 fully saturated rings. The number of aryl methyl sites for hydroxylation is 1. The van der Waals surface area contributed by atoms with E-state index in [9.17, 15) is 0 Å². The van der Waals surface area contributed by atoms with Crippen molar-refractivity contribution in [2.24, 2.45) is 5.73 Å². The van der Waals surface area contributed by atoms with E-state index in [-0.39, 0.29) is 6.04 Å². The number of rotatable bonds is 4. The van der Waals surface area contributed by atoms with E-state index in [0.29, 0.717) is 16.7 Å². The Bertz CT molecular complexity index is 591. The Morgan fingerprint density at radius 1 is 1.15 bits per heavy atom. The Balaban J connectivity index is 2.23. The van der Waals surface area contributed by atoms with E-state index in [4.69, 9.17) is 33.7 Å². The second-order valence-corrected chi connectivity index (χ2v) is 5.63. The summed E-state index contributed by atoms with van der Waals surface area (Å²) in [4.78, 5) is 0. The zero-order chi connectivity index (χ0) is 14.7. The molecular weight excluding hydrogens is 293 g/mol. The fourth-order valence-corrected chi connectivity index (χ4v) is 2.48. The van der Waals surface area contributed by atoms with E-state index in [1.165, 1.54) is 0 Å². The third-order valence-corrected chi connectivity index (χ3v) is 3.80. The van der Waals surface area contributed by atoms with Gasteiger partial charge in [0.2, 0.25) is 0 Å². The first-order chi connectivity index (χ1) is 9.49. The van der Waals surface area contributed by atoms with Crippen molar-refractivity contribution < 1.29 is 4.74 Å². The van der Waals surface area contributed by atoms with Crippen LogP contribution in [0.4, 0.5) is 0 Å². The number of hydrogen-bond acceptors (Lipinski definition) is 2. The Morgan fingerprint density at radius 3 is 2.40 bits per heavy atom. The van der Waals surface area contributed by atoms with Crippen LogP contribution in [-0.2, 0) is 6.61 Å². The van der Waals surface area contributed by atoms with E-state index in [0.717, 1.165) is 22.4 Å². The molecule has 2 N–H and O–H groups in total. The van der Waals surface area contributed by atoms with Crippen molar-refractivity contribution in [3.8, 4) is 5.75 Å². The second kappa shape index (κ2) is 6.49. The molecular formula is C16H17Cl2NO. The molecule has 0 amide bonds. The van der Waals surface area contributed by atoms with E-state index >= 15 is 0 Å². The fourth-order valence-electron chi connectivity index (χ4n) is 1.98. The highest BCUT2D eigenvalue weighted by Gasteiger charge is 2.11. The highest BCUT2D eigenvalue weighted by molar-refractivity contribution is 6.35. The highest BCUT2D eigenvalue weighted by Crippen LogP contribution is 2.29. The van der Waals surface area contributed by atoms with Crippen LogP contribution in [0, 0.1) is 6.92 Å². The molecule has 0 aliphatic carbocycles. The molecule has 4 heteroatoms. The third kappa shape index (κ3) is 3.45. The van der Waals surface area contributed by atoms with Crippen LogP contribution < -0.4 is 10.5 Å². The zero-order valence-corrected chi connectivity index (χ0v) is 13.0. The Labute approximate surface area is 129 Å². The molecule has 106 valence electrons. The van der Waals surface area contributed by atoms with Gasteiger partial charge in [-0.15, -0.1) is 0 Å². The monoisotopic (exact) mass is 309 g/mol. The van der Waals surface area contributed by atoms with Crippen molar-refractivity contribution in [1.29, 1.82) is 0 Å². The van der Waals surface area contributed by atoms with Crippen LogP contribution in [0.5, 0.6) is 5.75 Å². The zero-order valence-electron chi connectivity index (χ0n) is 11.5. The molecule has 0 unspecified atom stereocenters. The van der Waals surface area contributed by atoms with Gasteiger partial charge in [0.05, 0.1) is 0 Å². The van der Waals surface area contributed by atoms with Gasteiger partial charge in [0.1, 0.15) is 12.4 Å². The number of hydrogen-bond donors (Lipinski definition) is 1. The summed E-state index contributed by atoms with van der Waals surface area (Å²) in [6, 6.07) is 11.3. The minimum Gasteiger partial charge on any atom is -0.488 e. The van der Waals surface area contributed by atoms with E-state index < -0.39 is 0 Å². The first-order valence-corrected chi connectivity index (χ1v) is 7.16. The van der Waals surface area contributed by atoms with Gasteiger partial charge >= 0.3 is 0 Å². The summed E-state index contributed by atoms with van der Waals surface area (Å²) in [6.45, 7) is 4.28. The molecule has 1 atom stereocenters. The van der Waals surface area contributed by atoms with Gasteiger partial charge in [-0.3, -0.25) is 0 Å². The van der Waals surface area contributed by atoms with Gasteiger partial charge in [-0.05, 0) is 32.0 Å². The molecule has 2 aromatic rings. The topological polar surface area (TPSA) is 35.2 Å². The molecule has 2 nitrogen and oxygen atoms in total. The average Bonchev–Trinajstić information content (AvgIpc) is 2.39. The van der Waals surface area contributed by atoms with Crippen LogP contribution in [0.1, 0.15) is 29.7 Å². The predicted molar refractivity (Wildman–Crippen MR) is 84.6 cm³/mol. The summed E-state index contributed by atoms with van der Waals surface area (Å²) >= 11 is 12.3. The van der Waals surface area contributed by atoms with Crippen LogP contribution in [-0.4, -0.2) is 0 Å². The van der Waals surface area contributed by atoms with Crippen LogP contribution in [0.25, 0.3) is 0 Å². The molecule has 0 saturated carbocycles. The summed E-state index contributed by atoms with van der Waals surface area (Å²) in [7, 11) is 0. The van der Waals surface area contributed by atoms with E-state index in [1.54, 1.807) is 12.1 Å². The average molecular weight is 310 g/mol. The van der Waals surface area contributed by atoms with Gasteiger partial charge in [-0.25, -0.2) is 0 Å². The Kier molecular flexibility index (Phi) is 4.92. The molecule has 2 rings (SSSR count). The van der Waals surface area contributed by atoms with Gasteiger partial charge < -0.3 is 10.5 Å². The van der Waals surface area contributed by atoms with Gasteiger partial charge in [0.25, 0.3) is 0 Å². The number of ether oxygens (including phenoxy) is 1. The van der Waals surface area contributed by atoms with Crippen LogP contribution in [0.2, 0.25) is 10.0 Å². The minimum absolute atomic E-state index is 0.0911. The molecule has 0 aliphatic rings. The maximum atomic E-state index is 6.13. The van der Waals surface area contributed by atoms with E-state index in [2.05, 4.69) is 0 Å². The minimum atomic E-state index is -0.0911. The molecule has 20 heavy (non-hydrogen) atoms. The molecule has 0 aromatic heterocycles. The summed E-state index contributed by atoms with van der Waals surface area (Å²) in [5.74, 6) is 0.765.